The number of anilines is 2. The molecule has 0 spiro atoms. The highest BCUT2D eigenvalue weighted by atomic mass is 35.5. The summed E-state index contributed by atoms with van der Waals surface area (Å²) < 4.78 is 0. The summed E-state index contributed by atoms with van der Waals surface area (Å²) >= 11 is 6.03. The summed E-state index contributed by atoms with van der Waals surface area (Å²) in [6.45, 7) is 4.25. The molecule has 1 aromatic rings. The number of hydrogen-bond acceptors (Lipinski definition) is 5. The predicted molar refractivity (Wildman–Crippen MR) is 76.8 cm³/mol. The first-order valence-corrected chi connectivity index (χ1v) is 7.47. The van der Waals surface area contributed by atoms with Gasteiger partial charge in [-0.2, -0.15) is 15.0 Å². The van der Waals surface area contributed by atoms with Crippen molar-refractivity contribution in [2.75, 3.05) is 23.3 Å². The fraction of sp³-hybridized carbons (Fsp3) is 0.769. The van der Waals surface area contributed by atoms with Crippen molar-refractivity contribution in [2.45, 2.75) is 51.0 Å². The molecule has 1 saturated carbocycles. The van der Waals surface area contributed by atoms with Gasteiger partial charge in [0.2, 0.25) is 17.2 Å². The molecule has 19 heavy (non-hydrogen) atoms. The van der Waals surface area contributed by atoms with E-state index < -0.39 is 0 Å². The Balaban J connectivity index is 1.80. The minimum absolute atomic E-state index is 0.104. The average Bonchev–Trinajstić information content (AvgIpc) is 2.99. The van der Waals surface area contributed by atoms with E-state index in [-0.39, 0.29) is 10.8 Å². The molecule has 0 aromatic carbocycles. The van der Waals surface area contributed by atoms with Crippen molar-refractivity contribution in [1.82, 2.24) is 15.0 Å². The lowest BCUT2D eigenvalue weighted by Crippen LogP contribution is -2.32. The normalized spacial score (nSPS) is 21.9. The second kappa shape index (κ2) is 5.12. The zero-order valence-electron chi connectivity index (χ0n) is 11.3. The second-order valence-corrected chi connectivity index (χ2v) is 6.15. The minimum atomic E-state index is 0.104. The first kappa shape index (κ1) is 12.9. The van der Waals surface area contributed by atoms with E-state index in [2.05, 4.69) is 32.1 Å². The van der Waals surface area contributed by atoms with E-state index in [1.54, 1.807) is 0 Å². The fourth-order valence-electron chi connectivity index (χ4n) is 3.00. The van der Waals surface area contributed by atoms with Crippen molar-refractivity contribution in [3.63, 3.8) is 0 Å². The Morgan fingerprint density at radius 2 is 1.74 bits per heavy atom. The van der Waals surface area contributed by atoms with Crippen LogP contribution in [-0.2, 0) is 0 Å². The maximum Gasteiger partial charge on any atom is 0.231 e. The number of nitrogens with one attached hydrogen (secondary N) is 1. The molecule has 1 N–H and O–H groups in total. The number of hydrogen-bond donors (Lipinski definition) is 1. The fourth-order valence-corrected chi connectivity index (χ4v) is 3.16. The molecular weight excluding hydrogens is 262 g/mol. The minimum Gasteiger partial charge on any atom is -0.349 e. The van der Waals surface area contributed by atoms with Gasteiger partial charge in [0.15, 0.2) is 0 Å². The Bertz CT molecular complexity index is 452. The van der Waals surface area contributed by atoms with Crippen molar-refractivity contribution in [1.29, 1.82) is 0 Å². The average molecular weight is 282 g/mol. The summed E-state index contributed by atoms with van der Waals surface area (Å²) in [6.07, 6.45) is 7.25. The van der Waals surface area contributed by atoms with E-state index in [1.165, 1.54) is 25.7 Å². The molecule has 0 atom stereocenters. The van der Waals surface area contributed by atoms with Gasteiger partial charge in [-0.1, -0.05) is 12.8 Å². The van der Waals surface area contributed by atoms with Gasteiger partial charge in [-0.05, 0) is 44.2 Å². The third-order valence-corrected chi connectivity index (χ3v) is 4.27. The van der Waals surface area contributed by atoms with Gasteiger partial charge in [-0.3, -0.25) is 0 Å². The van der Waals surface area contributed by atoms with Crippen LogP contribution in [-0.4, -0.2) is 33.6 Å². The highest BCUT2D eigenvalue weighted by Gasteiger charge is 2.29. The van der Waals surface area contributed by atoms with Crippen molar-refractivity contribution in [2.24, 2.45) is 0 Å². The van der Waals surface area contributed by atoms with Crippen LogP contribution in [0.3, 0.4) is 0 Å². The van der Waals surface area contributed by atoms with E-state index in [4.69, 9.17) is 11.6 Å². The maximum atomic E-state index is 6.03. The largest absolute Gasteiger partial charge is 0.349 e. The van der Waals surface area contributed by atoms with E-state index in [0.29, 0.717) is 11.9 Å². The lowest BCUT2D eigenvalue weighted by atomic mass is 10.0. The van der Waals surface area contributed by atoms with Gasteiger partial charge < -0.3 is 10.2 Å². The third kappa shape index (κ3) is 2.91. The van der Waals surface area contributed by atoms with Gasteiger partial charge >= 0.3 is 0 Å². The molecule has 0 bridgehead atoms. The SMILES string of the molecule is CC1(Nc2nc(Cl)nc(N3CCCC3)n2)CCCC1. The van der Waals surface area contributed by atoms with Crippen molar-refractivity contribution in [3.05, 3.63) is 5.28 Å². The molecule has 3 rings (SSSR count). The van der Waals surface area contributed by atoms with Crippen molar-refractivity contribution < 1.29 is 0 Å². The van der Waals surface area contributed by atoms with E-state index in [0.717, 1.165) is 25.9 Å². The van der Waals surface area contributed by atoms with Gasteiger partial charge in [0, 0.05) is 18.6 Å². The second-order valence-electron chi connectivity index (χ2n) is 5.81. The lowest BCUT2D eigenvalue weighted by Gasteiger charge is -2.25. The molecule has 0 unspecified atom stereocenters. The number of rotatable bonds is 3. The third-order valence-electron chi connectivity index (χ3n) is 4.11. The van der Waals surface area contributed by atoms with Crippen molar-refractivity contribution in [3.8, 4) is 0 Å². The first-order chi connectivity index (χ1) is 9.15. The molecule has 1 aromatic heterocycles. The zero-order valence-corrected chi connectivity index (χ0v) is 12.1. The van der Waals surface area contributed by atoms with Crippen LogP contribution in [0.25, 0.3) is 0 Å². The van der Waals surface area contributed by atoms with Gasteiger partial charge in [0.25, 0.3) is 0 Å². The number of aromatic nitrogens is 3. The smallest absolute Gasteiger partial charge is 0.231 e. The molecule has 0 radical (unpaired) electrons. The van der Waals surface area contributed by atoms with Gasteiger partial charge in [-0.15, -0.1) is 0 Å². The standard InChI is InChI=1S/C13H20ClN5/c1-13(6-2-3-7-13)18-11-15-10(14)16-12(17-11)19-8-4-5-9-19/h2-9H2,1H3,(H,15,16,17,18). The van der Waals surface area contributed by atoms with Crippen LogP contribution in [0.15, 0.2) is 0 Å². The summed E-state index contributed by atoms with van der Waals surface area (Å²) in [6, 6.07) is 0. The molecule has 5 nitrogen and oxygen atoms in total. The van der Waals surface area contributed by atoms with Gasteiger partial charge in [0.05, 0.1) is 0 Å². The summed E-state index contributed by atoms with van der Waals surface area (Å²) in [5, 5.41) is 3.73. The molecular formula is C13H20ClN5. The van der Waals surface area contributed by atoms with Crippen LogP contribution in [0.4, 0.5) is 11.9 Å². The van der Waals surface area contributed by atoms with Crippen LogP contribution in [0.5, 0.6) is 0 Å². The van der Waals surface area contributed by atoms with E-state index in [9.17, 15) is 0 Å². The van der Waals surface area contributed by atoms with E-state index >= 15 is 0 Å². The predicted octanol–water partition coefficient (Wildman–Crippen LogP) is 2.87. The van der Waals surface area contributed by atoms with Gasteiger partial charge in [-0.25, -0.2) is 0 Å². The van der Waals surface area contributed by atoms with Crippen LogP contribution >= 0.6 is 11.6 Å². The lowest BCUT2D eigenvalue weighted by molar-refractivity contribution is 0.527. The molecule has 2 heterocycles. The zero-order chi connectivity index (χ0) is 13.3. The molecule has 1 aliphatic carbocycles. The monoisotopic (exact) mass is 281 g/mol. The highest BCUT2D eigenvalue weighted by Crippen LogP contribution is 2.32. The summed E-state index contributed by atoms with van der Waals surface area (Å²) in [7, 11) is 0. The Hall–Kier alpha value is -1.10. The summed E-state index contributed by atoms with van der Waals surface area (Å²) in [5.74, 6) is 1.33. The van der Waals surface area contributed by atoms with E-state index in [1.807, 2.05) is 0 Å². The Morgan fingerprint density at radius 1 is 1.05 bits per heavy atom. The number of nitrogens with zero attached hydrogens (tertiary/aromatic N) is 4. The Labute approximate surface area is 118 Å². The molecule has 2 fully saturated rings. The van der Waals surface area contributed by atoms with Gasteiger partial charge in [0.1, 0.15) is 0 Å². The molecule has 2 aliphatic rings. The Morgan fingerprint density at radius 3 is 2.42 bits per heavy atom. The molecule has 104 valence electrons. The van der Waals surface area contributed by atoms with Crippen LogP contribution in [0.1, 0.15) is 45.4 Å². The van der Waals surface area contributed by atoms with Crippen LogP contribution in [0.2, 0.25) is 5.28 Å². The molecule has 6 heteroatoms. The van der Waals surface area contributed by atoms with Crippen molar-refractivity contribution >= 4 is 23.5 Å². The first-order valence-electron chi connectivity index (χ1n) is 7.09. The molecule has 1 saturated heterocycles. The van der Waals surface area contributed by atoms with Crippen LogP contribution < -0.4 is 10.2 Å². The molecule has 1 aliphatic heterocycles. The highest BCUT2D eigenvalue weighted by molar-refractivity contribution is 6.28. The maximum absolute atomic E-state index is 6.03. The summed E-state index contributed by atoms with van der Waals surface area (Å²) in [4.78, 5) is 15.2. The quantitative estimate of drug-likeness (QED) is 0.923. The number of halogens is 1. The molecule has 0 amide bonds. The topological polar surface area (TPSA) is 53.9 Å². The summed E-state index contributed by atoms with van der Waals surface area (Å²) in [5.41, 5.74) is 0.104. The Kier molecular flexibility index (Phi) is 3.48. The van der Waals surface area contributed by atoms with Crippen LogP contribution in [0, 0.1) is 0 Å².